The molecule has 0 aliphatic heterocycles. The number of hydrogen-bond acceptors (Lipinski definition) is 4. The number of para-hydroxylation sites is 1. The smallest absolute Gasteiger partial charge is 0.408 e. The first-order valence-corrected chi connectivity index (χ1v) is 12.2. The quantitative estimate of drug-likeness (QED) is 0.534. The molecular formula is C29H41N3O4. The van der Waals surface area contributed by atoms with E-state index in [-0.39, 0.29) is 12.5 Å². The van der Waals surface area contributed by atoms with Crippen LogP contribution in [0.2, 0.25) is 0 Å². The SMILES string of the molecule is Cc1ccc(C(C(=O)Nc2c(C)cccc2C)N(C(=O)CNC(=O)OC(C)(C)C)C(C)(C)C)c(C)c1. The normalized spacial score (nSPS) is 12.5. The maximum atomic E-state index is 14.0. The molecule has 2 N–H and O–H groups in total. The van der Waals surface area contributed by atoms with Crippen LogP contribution in [0.25, 0.3) is 0 Å². The summed E-state index contributed by atoms with van der Waals surface area (Å²) in [5.74, 6) is -0.713. The van der Waals surface area contributed by atoms with Crippen molar-refractivity contribution in [2.24, 2.45) is 0 Å². The Bertz CT molecular complexity index is 1110. The zero-order valence-electron chi connectivity index (χ0n) is 23.3. The first kappa shape index (κ1) is 28.9. The average molecular weight is 496 g/mol. The molecule has 7 nitrogen and oxygen atoms in total. The number of hydrogen-bond donors (Lipinski definition) is 2. The summed E-state index contributed by atoms with van der Waals surface area (Å²) < 4.78 is 5.28. The molecule has 3 amide bonds. The Balaban J connectivity index is 2.52. The second kappa shape index (κ2) is 11.1. The highest BCUT2D eigenvalue weighted by atomic mass is 16.6. The van der Waals surface area contributed by atoms with Crippen LogP contribution in [0, 0.1) is 27.7 Å². The third-order valence-electron chi connectivity index (χ3n) is 5.73. The minimum atomic E-state index is -0.919. The van der Waals surface area contributed by atoms with Gasteiger partial charge in [0.05, 0.1) is 0 Å². The Morgan fingerprint density at radius 2 is 1.47 bits per heavy atom. The molecule has 0 spiro atoms. The fourth-order valence-corrected chi connectivity index (χ4v) is 4.19. The van der Waals surface area contributed by atoms with Gasteiger partial charge in [0.2, 0.25) is 5.91 Å². The highest BCUT2D eigenvalue weighted by Gasteiger charge is 2.39. The van der Waals surface area contributed by atoms with Crippen LogP contribution in [0.3, 0.4) is 0 Å². The van der Waals surface area contributed by atoms with Crippen molar-refractivity contribution < 1.29 is 19.1 Å². The van der Waals surface area contributed by atoms with Crippen LogP contribution in [0.5, 0.6) is 0 Å². The molecule has 0 heterocycles. The maximum absolute atomic E-state index is 14.0. The summed E-state index contributed by atoms with van der Waals surface area (Å²) in [5.41, 5.74) is 3.86. The van der Waals surface area contributed by atoms with Crippen molar-refractivity contribution in [3.05, 3.63) is 64.2 Å². The number of nitrogens with zero attached hydrogens (tertiary/aromatic N) is 1. The van der Waals surface area contributed by atoms with E-state index in [0.717, 1.165) is 33.5 Å². The molecule has 0 aliphatic rings. The van der Waals surface area contributed by atoms with Gasteiger partial charge in [-0.05, 0) is 91.5 Å². The predicted molar refractivity (Wildman–Crippen MR) is 144 cm³/mol. The van der Waals surface area contributed by atoms with Crippen LogP contribution in [0.15, 0.2) is 36.4 Å². The highest BCUT2D eigenvalue weighted by molar-refractivity contribution is 5.99. The number of carbonyl (C=O) groups excluding carboxylic acids is 3. The largest absolute Gasteiger partial charge is 0.444 e. The van der Waals surface area contributed by atoms with Crippen molar-refractivity contribution in [3.63, 3.8) is 0 Å². The number of benzene rings is 2. The zero-order valence-corrected chi connectivity index (χ0v) is 23.3. The first-order chi connectivity index (χ1) is 16.5. The van der Waals surface area contributed by atoms with Gasteiger partial charge in [0.25, 0.3) is 5.91 Å². The summed E-state index contributed by atoms with van der Waals surface area (Å²) >= 11 is 0. The van der Waals surface area contributed by atoms with Gasteiger partial charge in [-0.15, -0.1) is 0 Å². The number of carbonyl (C=O) groups is 3. The lowest BCUT2D eigenvalue weighted by molar-refractivity contribution is -0.144. The van der Waals surface area contributed by atoms with Crippen LogP contribution in [0.4, 0.5) is 10.5 Å². The second-order valence-electron chi connectivity index (χ2n) is 11.3. The maximum Gasteiger partial charge on any atom is 0.408 e. The minimum absolute atomic E-state index is 0.301. The van der Waals surface area contributed by atoms with Gasteiger partial charge in [0.1, 0.15) is 18.2 Å². The molecule has 2 aromatic rings. The summed E-state index contributed by atoms with van der Waals surface area (Å²) in [4.78, 5) is 41.4. The molecule has 2 rings (SSSR count). The average Bonchev–Trinajstić information content (AvgIpc) is 2.71. The van der Waals surface area contributed by atoms with E-state index in [4.69, 9.17) is 4.74 Å². The molecule has 7 heteroatoms. The fraction of sp³-hybridized carbons (Fsp3) is 0.483. The zero-order chi connectivity index (χ0) is 27.4. The van der Waals surface area contributed by atoms with E-state index < -0.39 is 29.2 Å². The minimum Gasteiger partial charge on any atom is -0.444 e. The highest BCUT2D eigenvalue weighted by Crippen LogP contribution is 2.33. The predicted octanol–water partition coefficient (Wildman–Crippen LogP) is 5.75. The summed E-state index contributed by atoms with van der Waals surface area (Å²) in [6.45, 7) is 18.4. The summed E-state index contributed by atoms with van der Waals surface area (Å²) in [6, 6.07) is 10.7. The molecule has 0 aromatic heterocycles. The lowest BCUT2D eigenvalue weighted by atomic mass is 9.92. The van der Waals surface area contributed by atoms with Crippen LogP contribution in [-0.4, -0.2) is 40.5 Å². The Labute approximate surface area is 215 Å². The molecule has 0 fully saturated rings. The molecule has 0 saturated carbocycles. The first-order valence-electron chi connectivity index (χ1n) is 12.2. The Morgan fingerprint density at radius 1 is 0.889 bits per heavy atom. The molecule has 0 bridgehead atoms. The molecule has 1 atom stereocenters. The molecule has 36 heavy (non-hydrogen) atoms. The number of nitrogens with one attached hydrogen (secondary N) is 2. The third-order valence-corrected chi connectivity index (χ3v) is 5.73. The second-order valence-corrected chi connectivity index (χ2v) is 11.3. The molecule has 2 aromatic carbocycles. The topological polar surface area (TPSA) is 87.7 Å². The van der Waals surface area contributed by atoms with Crippen LogP contribution in [-0.2, 0) is 14.3 Å². The van der Waals surface area contributed by atoms with Gasteiger partial charge >= 0.3 is 6.09 Å². The molecule has 0 aliphatic carbocycles. The lowest BCUT2D eigenvalue weighted by Crippen LogP contribution is -2.54. The van der Waals surface area contributed by atoms with E-state index in [0.29, 0.717) is 0 Å². The molecule has 1 unspecified atom stereocenters. The summed E-state index contributed by atoms with van der Waals surface area (Å²) in [6.07, 6.45) is -0.687. The molecule has 0 radical (unpaired) electrons. The van der Waals surface area contributed by atoms with Crippen molar-refractivity contribution in [1.29, 1.82) is 0 Å². The molecular weight excluding hydrogens is 454 g/mol. The van der Waals surface area contributed by atoms with Gasteiger partial charge in [-0.3, -0.25) is 9.59 Å². The van der Waals surface area contributed by atoms with Gasteiger partial charge < -0.3 is 20.3 Å². The lowest BCUT2D eigenvalue weighted by Gasteiger charge is -2.42. The van der Waals surface area contributed by atoms with E-state index >= 15 is 0 Å². The standard InChI is InChI=1S/C29H41N3O4/c1-18-14-15-22(21(4)16-18)25(26(34)31-24-19(2)12-11-13-20(24)3)32(28(5,6)7)23(33)17-30-27(35)36-29(8,9)10/h11-16,25H,17H2,1-10H3,(H,30,35)(H,31,34). The van der Waals surface area contributed by atoms with Crippen molar-refractivity contribution in [2.75, 3.05) is 11.9 Å². The monoisotopic (exact) mass is 495 g/mol. The van der Waals surface area contributed by atoms with Crippen molar-refractivity contribution in [1.82, 2.24) is 10.2 Å². The number of anilines is 1. The van der Waals surface area contributed by atoms with Crippen LogP contribution in [0.1, 0.15) is 75.4 Å². The fourth-order valence-electron chi connectivity index (χ4n) is 4.19. The third kappa shape index (κ3) is 7.57. The van der Waals surface area contributed by atoms with Gasteiger partial charge in [-0.2, -0.15) is 0 Å². The number of aryl methyl sites for hydroxylation is 4. The number of ether oxygens (including phenoxy) is 1. The van der Waals surface area contributed by atoms with Crippen molar-refractivity contribution in [3.8, 4) is 0 Å². The van der Waals surface area contributed by atoms with E-state index in [2.05, 4.69) is 10.6 Å². The van der Waals surface area contributed by atoms with Gasteiger partial charge in [0.15, 0.2) is 0 Å². The summed E-state index contributed by atoms with van der Waals surface area (Å²) in [7, 11) is 0. The summed E-state index contributed by atoms with van der Waals surface area (Å²) in [5, 5.41) is 5.62. The van der Waals surface area contributed by atoms with E-state index in [9.17, 15) is 14.4 Å². The van der Waals surface area contributed by atoms with Gasteiger partial charge in [-0.25, -0.2) is 4.79 Å². The van der Waals surface area contributed by atoms with Crippen molar-refractivity contribution >= 4 is 23.6 Å². The van der Waals surface area contributed by atoms with E-state index in [1.807, 2.05) is 84.9 Å². The Hall–Kier alpha value is -3.35. The van der Waals surface area contributed by atoms with Gasteiger partial charge in [-0.1, -0.05) is 42.0 Å². The number of amides is 3. The van der Waals surface area contributed by atoms with Gasteiger partial charge in [0, 0.05) is 11.2 Å². The van der Waals surface area contributed by atoms with Crippen LogP contribution < -0.4 is 10.6 Å². The van der Waals surface area contributed by atoms with E-state index in [1.54, 1.807) is 25.7 Å². The number of alkyl carbamates (subject to hydrolysis) is 1. The molecule has 196 valence electrons. The Morgan fingerprint density at radius 3 is 1.97 bits per heavy atom. The molecule has 0 saturated heterocycles. The van der Waals surface area contributed by atoms with E-state index in [1.165, 1.54) is 0 Å². The Kier molecular flexibility index (Phi) is 8.94. The van der Waals surface area contributed by atoms with Crippen LogP contribution >= 0.6 is 0 Å². The van der Waals surface area contributed by atoms with Crippen molar-refractivity contribution in [2.45, 2.75) is 86.4 Å². The number of rotatable bonds is 6.